The van der Waals surface area contributed by atoms with Crippen LogP contribution in [0.1, 0.15) is 48.1 Å². The Kier molecular flexibility index (Phi) is 5.20. The summed E-state index contributed by atoms with van der Waals surface area (Å²) in [5.74, 6) is 1.36. The van der Waals surface area contributed by atoms with Crippen molar-refractivity contribution in [3.05, 3.63) is 68.2 Å². The zero-order chi connectivity index (χ0) is 22.2. The second-order valence-electron chi connectivity index (χ2n) is 8.15. The molecule has 166 valence electrons. The van der Waals surface area contributed by atoms with Crippen LogP contribution in [0.3, 0.4) is 0 Å². The fourth-order valence-electron chi connectivity index (χ4n) is 4.64. The standard InChI is InChI=1S/C24H25N3O5/c1-2-26-19-8-6-16(13-17(19)25-22(28)24(26)30)23(29)27-10-3-5-18(27)15-7-9-20-21(14-15)32-12-4-11-31-20/h6-9,13-14,18H,2-5,10-12H2,1H3,(H,25,28)/t18-/m0/s1. The first-order valence-electron chi connectivity index (χ1n) is 11.0. The Hall–Kier alpha value is -3.55. The first-order valence-corrected chi connectivity index (χ1v) is 11.0. The lowest BCUT2D eigenvalue weighted by molar-refractivity contribution is 0.0735. The van der Waals surface area contributed by atoms with Gasteiger partial charge < -0.3 is 23.9 Å². The summed E-state index contributed by atoms with van der Waals surface area (Å²) in [4.78, 5) is 42.0. The first kappa shape index (κ1) is 20.4. The van der Waals surface area contributed by atoms with Crippen LogP contribution in [0.5, 0.6) is 11.5 Å². The predicted molar refractivity (Wildman–Crippen MR) is 120 cm³/mol. The van der Waals surface area contributed by atoms with Gasteiger partial charge in [-0.2, -0.15) is 0 Å². The number of hydrogen-bond acceptors (Lipinski definition) is 5. The number of likely N-dealkylation sites (tertiary alicyclic amines) is 1. The van der Waals surface area contributed by atoms with Crippen LogP contribution in [-0.2, 0) is 6.54 Å². The Labute approximate surface area is 184 Å². The summed E-state index contributed by atoms with van der Waals surface area (Å²) in [6.45, 7) is 4.09. The monoisotopic (exact) mass is 435 g/mol. The molecule has 1 N–H and O–H groups in total. The molecule has 0 aliphatic carbocycles. The number of hydrogen-bond donors (Lipinski definition) is 1. The molecule has 2 aliphatic heterocycles. The number of aromatic nitrogens is 2. The van der Waals surface area contributed by atoms with Crippen molar-refractivity contribution in [3.63, 3.8) is 0 Å². The average molecular weight is 435 g/mol. The molecule has 2 aliphatic rings. The highest BCUT2D eigenvalue weighted by atomic mass is 16.5. The summed E-state index contributed by atoms with van der Waals surface area (Å²) in [7, 11) is 0. The number of rotatable bonds is 3. The third-order valence-corrected chi connectivity index (χ3v) is 6.21. The maximum atomic E-state index is 13.4. The minimum Gasteiger partial charge on any atom is -0.490 e. The lowest BCUT2D eigenvalue weighted by atomic mass is 10.0. The van der Waals surface area contributed by atoms with Crippen molar-refractivity contribution >= 4 is 16.9 Å². The average Bonchev–Trinajstić information content (AvgIpc) is 3.17. The smallest absolute Gasteiger partial charge is 0.316 e. The fraction of sp³-hybridized carbons (Fsp3) is 0.375. The van der Waals surface area contributed by atoms with Gasteiger partial charge in [-0.05, 0) is 55.7 Å². The van der Waals surface area contributed by atoms with E-state index in [4.69, 9.17) is 9.47 Å². The molecule has 0 bridgehead atoms. The molecule has 8 nitrogen and oxygen atoms in total. The molecule has 0 spiro atoms. The summed E-state index contributed by atoms with van der Waals surface area (Å²) in [5.41, 5.74) is 1.32. The Morgan fingerprint density at radius 2 is 1.88 bits per heavy atom. The SMILES string of the molecule is CCn1c(=O)c(=O)[nH]c2cc(C(=O)N3CCC[C@H]3c3ccc4c(c3)OCCCO4)ccc21. The van der Waals surface area contributed by atoms with E-state index in [1.165, 1.54) is 4.57 Å². The fourth-order valence-corrected chi connectivity index (χ4v) is 4.64. The third kappa shape index (κ3) is 3.45. The van der Waals surface area contributed by atoms with Crippen LogP contribution in [0.15, 0.2) is 46.0 Å². The number of benzene rings is 2. The van der Waals surface area contributed by atoms with E-state index in [0.29, 0.717) is 42.9 Å². The van der Waals surface area contributed by atoms with Crippen LogP contribution < -0.4 is 20.6 Å². The number of carbonyl (C=O) groups excluding carboxylic acids is 1. The van der Waals surface area contributed by atoms with Gasteiger partial charge in [0, 0.05) is 25.1 Å². The van der Waals surface area contributed by atoms with Gasteiger partial charge in [-0.3, -0.25) is 14.4 Å². The summed E-state index contributed by atoms with van der Waals surface area (Å²) >= 11 is 0. The number of ether oxygens (including phenoxy) is 2. The van der Waals surface area contributed by atoms with Crippen molar-refractivity contribution in [2.75, 3.05) is 19.8 Å². The summed E-state index contributed by atoms with van der Waals surface area (Å²) < 4.78 is 13.0. The van der Waals surface area contributed by atoms with Crippen molar-refractivity contribution in [1.29, 1.82) is 0 Å². The Balaban J connectivity index is 1.48. The predicted octanol–water partition coefficient (Wildman–Crippen LogP) is 2.85. The van der Waals surface area contributed by atoms with Gasteiger partial charge in [-0.1, -0.05) is 6.07 Å². The third-order valence-electron chi connectivity index (χ3n) is 6.21. The van der Waals surface area contributed by atoms with Crippen LogP contribution in [-0.4, -0.2) is 40.1 Å². The summed E-state index contributed by atoms with van der Waals surface area (Å²) in [6, 6.07) is 10.9. The first-order chi connectivity index (χ1) is 15.6. The second kappa shape index (κ2) is 8.18. The minimum absolute atomic E-state index is 0.0565. The largest absolute Gasteiger partial charge is 0.490 e. The molecule has 3 aromatic rings. The summed E-state index contributed by atoms with van der Waals surface area (Å²) in [6.07, 6.45) is 2.61. The van der Waals surface area contributed by atoms with Gasteiger partial charge in [0.25, 0.3) is 5.91 Å². The van der Waals surface area contributed by atoms with E-state index in [1.54, 1.807) is 18.2 Å². The zero-order valence-corrected chi connectivity index (χ0v) is 17.9. The Morgan fingerprint density at radius 3 is 2.69 bits per heavy atom. The summed E-state index contributed by atoms with van der Waals surface area (Å²) in [5, 5.41) is 0. The lowest BCUT2D eigenvalue weighted by Gasteiger charge is -2.26. The van der Waals surface area contributed by atoms with Crippen molar-refractivity contribution in [2.24, 2.45) is 0 Å². The van der Waals surface area contributed by atoms with Crippen LogP contribution >= 0.6 is 0 Å². The molecule has 1 aromatic heterocycles. The molecule has 1 atom stereocenters. The van der Waals surface area contributed by atoms with Gasteiger partial charge >= 0.3 is 11.1 Å². The van der Waals surface area contributed by atoms with Crippen LogP contribution in [0.4, 0.5) is 0 Å². The maximum absolute atomic E-state index is 13.4. The molecule has 8 heteroatoms. The lowest BCUT2D eigenvalue weighted by Crippen LogP contribution is -2.36. The van der Waals surface area contributed by atoms with E-state index in [9.17, 15) is 14.4 Å². The minimum atomic E-state index is -0.685. The van der Waals surface area contributed by atoms with Crippen molar-refractivity contribution in [1.82, 2.24) is 14.5 Å². The molecule has 0 unspecified atom stereocenters. The molecule has 32 heavy (non-hydrogen) atoms. The van der Waals surface area contributed by atoms with E-state index >= 15 is 0 Å². The number of nitrogens with zero attached hydrogens (tertiary/aromatic N) is 2. The van der Waals surface area contributed by atoms with E-state index in [1.807, 2.05) is 30.0 Å². The molecular formula is C24H25N3O5. The van der Waals surface area contributed by atoms with Gasteiger partial charge in [-0.15, -0.1) is 0 Å². The van der Waals surface area contributed by atoms with Gasteiger partial charge in [0.2, 0.25) is 0 Å². The molecule has 0 radical (unpaired) electrons. The van der Waals surface area contributed by atoms with Crippen LogP contribution in [0.25, 0.3) is 11.0 Å². The van der Waals surface area contributed by atoms with Crippen LogP contribution in [0.2, 0.25) is 0 Å². The van der Waals surface area contributed by atoms with E-state index in [-0.39, 0.29) is 11.9 Å². The normalized spacial score (nSPS) is 18.0. The molecule has 5 rings (SSSR count). The number of fused-ring (bicyclic) bond motifs is 2. The number of nitrogens with one attached hydrogen (secondary N) is 1. The topological polar surface area (TPSA) is 93.6 Å². The quantitative estimate of drug-likeness (QED) is 0.639. The number of amides is 1. The van der Waals surface area contributed by atoms with E-state index in [0.717, 1.165) is 36.3 Å². The second-order valence-corrected chi connectivity index (χ2v) is 8.15. The number of aromatic amines is 1. The number of aryl methyl sites for hydroxylation is 1. The van der Waals surface area contributed by atoms with Crippen LogP contribution in [0, 0.1) is 0 Å². The van der Waals surface area contributed by atoms with Gasteiger partial charge in [0.15, 0.2) is 11.5 Å². The van der Waals surface area contributed by atoms with Gasteiger partial charge in [0.1, 0.15) is 0 Å². The highest BCUT2D eigenvalue weighted by molar-refractivity contribution is 5.97. The maximum Gasteiger partial charge on any atom is 0.316 e. The highest BCUT2D eigenvalue weighted by Gasteiger charge is 2.31. The van der Waals surface area contributed by atoms with Crippen molar-refractivity contribution in [2.45, 2.75) is 38.8 Å². The van der Waals surface area contributed by atoms with Gasteiger partial charge in [-0.25, -0.2) is 0 Å². The van der Waals surface area contributed by atoms with Crippen molar-refractivity contribution < 1.29 is 14.3 Å². The molecule has 1 amide bonds. The molecule has 2 aromatic carbocycles. The molecule has 0 saturated carbocycles. The molecule has 3 heterocycles. The Bertz CT molecular complexity index is 1310. The number of H-pyrrole nitrogens is 1. The highest BCUT2D eigenvalue weighted by Crippen LogP contribution is 2.38. The molecule has 1 fully saturated rings. The Morgan fingerprint density at radius 1 is 1.06 bits per heavy atom. The molecular weight excluding hydrogens is 410 g/mol. The van der Waals surface area contributed by atoms with Crippen molar-refractivity contribution in [3.8, 4) is 11.5 Å². The number of carbonyl (C=O) groups is 1. The van der Waals surface area contributed by atoms with E-state index in [2.05, 4.69) is 4.98 Å². The van der Waals surface area contributed by atoms with E-state index < -0.39 is 11.1 Å². The van der Waals surface area contributed by atoms with Gasteiger partial charge in [0.05, 0.1) is 30.3 Å². The molecule has 1 saturated heterocycles. The zero-order valence-electron chi connectivity index (χ0n) is 17.9.